The summed E-state index contributed by atoms with van der Waals surface area (Å²) in [6, 6.07) is 6.31. The molecular weight excluding hydrogens is 186 g/mol. The van der Waals surface area contributed by atoms with E-state index in [1.165, 1.54) is 0 Å². The zero-order valence-electron chi connectivity index (χ0n) is 9.07. The molecule has 3 heteroatoms. The fourth-order valence-corrected chi connectivity index (χ4v) is 1.46. The average molecular weight is 201 g/mol. The Morgan fingerprint density at radius 2 is 2.13 bits per heavy atom. The van der Waals surface area contributed by atoms with Crippen LogP contribution in [0.25, 0.3) is 11.0 Å². The lowest BCUT2D eigenvalue weighted by atomic mass is 10.2. The molecule has 0 spiro atoms. The van der Waals surface area contributed by atoms with Gasteiger partial charge in [0.15, 0.2) is 0 Å². The van der Waals surface area contributed by atoms with Crippen LogP contribution in [-0.4, -0.2) is 16.0 Å². The molecule has 0 amide bonds. The zero-order chi connectivity index (χ0) is 10.7. The van der Waals surface area contributed by atoms with E-state index in [1.54, 1.807) is 6.20 Å². The molecule has 0 saturated carbocycles. The Hall–Kier alpha value is -1.64. The molecule has 78 valence electrons. The molecule has 0 bridgehead atoms. The molecule has 0 radical (unpaired) electrons. The van der Waals surface area contributed by atoms with E-state index >= 15 is 0 Å². The minimum Gasteiger partial charge on any atom is -0.381 e. The molecule has 0 aliphatic rings. The molecule has 2 aromatic rings. The first kappa shape index (κ1) is 9.90. The Morgan fingerprint density at radius 3 is 2.93 bits per heavy atom. The first-order valence-corrected chi connectivity index (χ1v) is 5.27. The second-order valence-corrected chi connectivity index (χ2v) is 3.68. The second-order valence-electron chi connectivity index (χ2n) is 3.68. The van der Waals surface area contributed by atoms with Crippen LogP contribution in [0.2, 0.25) is 0 Å². The highest BCUT2D eigenvalue weighted by Gasteiger charge is 2.04. The third-order valence-electron chi connectivity index (χ3n) is 2.51. The lowest BCUT2D eigenvalue weighted by Crippen LogP contribution is -2.13. The van der Waals surface area contributed by atoms with Gasteiger partial charge in [-0.25, -0.2) is 0 Å². The monoisotopic (exact) mass is 201 g/mol. The lowest BCUT2D eigenvalue weighted by Gasteiger charge is -2.13. The largest absolute Gasteiger partial charge is 0.381 e. The summed E-state index contributed by atoms with van der Waals surface area (Å²) in [6.45, 7) is 4.32. The zero-order valence-corrected chi connectivity index (χ0v) is 9.07. The molecule has 15 heavy (non-hydrogen) atoms. The van der Waals surface area contributed by atoms with E-state index in [2.05, 4.69) is 29.1 Å². The number of hydrogen-bond acceptors (Lipinski definition) is 3. The van der Waals surface area contributed by atoms with Gasteiger partial charge in [0.05, 0.1) is 11.2 Å². The molecule has 0 aliphatic carbocycles. The molecule has 2 heterocycles. The number of fused-ring (bicyclic) bond motifs is 1. The topological polar surface area (TPSA) is 37.8 Å². The summed E-state index contributed by atoms with van der Waals surface area (Å²) in [7, 11) is 0. The van der Waals surface area contributed by atoms with Gasteiger partial charge >= 0.3 is 0 Å². The highest BCUT2D eigenvalue weighted by molar-refractivity contribution is 5.86. The van der Waals surface area contributed by atoms with Gasteiger partial charge in [-0.05, 0) is 31.5 Å². The van der Waals surface area contributed by atoms with E-state index < -0.39 is 0 Å². The van der Waals surface area contributed by atoms with Gasteiger partial charge in [-0.15, -0.1) is 0 Å². The third-order valence-corrected chi connectivity index (χ3v) is 2.51. The van der Waals surface area contributed by atoms with Gasteiger partial charge in [0.2, 0.25) is 0 Å². The number of anilines is 1. The molecule has 2 rings (SSSR count). The number of nitrogens with one attached hydrogen (secondary N) is 1. The number of nitrogens with zero attached hydrogens (tertiary/aromatic N) is 2. The maximum atomic E-state index is 4.34. The van der Waals surface area contributed by atoms with Crippen LogP contribution in [0.15, 0.2) is 30.6 Å². The van der Waals surface area contributed by atoms with E-state index in [1.807, 2.05) is 24.4 Å². The van der Waals surface area contributed by atoms with Crippen molar-refractivity contribution >= 4 is 16.7 Å². The maximum Gasteiger partial charge on any atom is 0.112 e. The minimum absolute atomic E-state index is 0.456. The highest BCUT2D eigenvalue weighted by atomic mass is 14.9. The molecule has 1 atom stereocenters. The fraction of sp³-hybridized carbons (Fsp3) is 0.333. The SMILES string of the molecule is CCC(C)Nc1ccnc2cccnc12. The molecule has 3 nitrogen and oxygen atoms in total. The van der Waals surface area contributed by atoms with Crippen LogP contribution in [0, 0.1) is 0 Å². The maximum absolute atomic E-state index is 4.34. The highest BCUT2D eigenvalue weighted by Crippen LogP contribution is 2.19. The average Bonchev–Trinajstić information content (AvgIpc) is 2.29. The number of aromatic nitrogens is 2. The number of rotatable bonds is 3. The van der Waals surface area contributed by atoms with Crippen LogP contribution in [0.3, 0.4) is 0 Å². The van der Waals surface area contributed by atoms with Gasteiger partial charge in [-0.3, -0.25) is 9.97 Å². The Kier molecular flexibility index (Phi) is 2.81. The molecular formula is C12H15N3. The lowest BCUT2D eigenvalue weighted by molar-refractivity contribution is 0.765. The van der Waals surface area contributed by atoms with Gasteiger partial charge < -0.3 is 5.32 Å². The van der Waals surface area contributed by atoms with Crippen molar-refractivity contribution in [3.63, 3.8) is 0 Å². The summed E-state index contributed by atoms with van der Waals surface area (Å²) >= 11 is 0. The summed E-state index contributed by atoms with van der Waals surface area (Å²) < 4.78 is 0. The minimum atomic E-state index is 0.456. The van der Waals surface area contributed by atoms with Crippen LogP contribution >= 0.6 is 0 Å². The predicted octanol–water partition coefficient (Wildman–Crippen LogP) is 2.84. The van der Waals surface area contributed by atoms with Gasteiger partial charge in [-0.1, -0.05) is 6.92 Å². The molecule has 0 aromatic carbocycles. The molecule has 2 aromatic heterocycles. The van der Waals surface area contributed by atoms with Crippen molar-refractivity contribution in [3.8, 4) is 0 Å². The van der Waals surface area contributed by atoms with E-state index in [4.69, 9.17) is 0 Å². The molecule has 1 unspecified atom stereocenters. The Labute approximate surface area is 89.6 Å². The van der Waals surface area contributed by atoms with E-state index in [9.17, 15) is 0 Å². The van der Waals surface area contributed by atoms with Crippen molar-refractivity contribution in [2.45, 2.75) is 26.3 Å². The van der Waals surface area contributed by atoms with Crippen molar-refractivity contribution in [1.82, 2.24) is 9.97 Å². The molecule has 1 N–H and O–H groups in total. The molecule has 0 fully saturated rings. The van der Waals surface area contributed by atoms with Gasteiger partial charge in [0.25, 0.3) is 0 Å². The Morgan fingerprint density at radius 1 is 1.27 bits per heavy atom. The van der Waals surface area contributed by atoms with Crippen LogP contribution in [-0.2, 0) is 0 Å². The van der Waals surface area contributed by atoms with Crippen LogP contribution in [0.1, 0.15) is 20.3 Å². The smallest absolute Gasteiger partial charge is 0.112 e. The van der Waals surface area contributed by atoms with E-state index in [-0.39, 0.29) is 0 Å². The number of pyridine rings is 2. The Balaban J connectivity index is 2.42. The van der Waals surface area contributed by atoms with Crippen LogP contribution in [0.5, 0.6) is 0 Å². The summed E-state index contributed by atoms with van der Waals surface area (Å²) in [6.07, 6.45) is 4.71. The van der Waals surface area contributed by atoms with Crippen molar-refractivity contribution in [1.29, 1.82) is 0 Å². The van der Waals surface area contributed by atoms with Gasteiger partial charge in [-0.2, -0.15) is 0 Å². The predicted molar refractivity (Wildman–Crippen MR) is 62.9 cm³/mol. The van der Waals surface area contributed by atoms with Crippen molar-refractivity contribution in [2.75, 3.05) is 5.32 Å². The molecule has 0 saturated heterocycles. The number of hydrogen-bond donors (Lipinski definition) is 1. The van der Waals surface area contributed by atoms with Gasteiger partial charge in [0, 0.05) is 18.4 Å². The van der Waals surface area contributed by atoms with Crippen molar-refractivity contribution < 1.29 is 0 Å². The summed E-state index contributed by atoms with van der Waals surface area (Å²) in [5.41, 5.74) is 2.95. The van der Waals surface area contributed by atoms with E-state index in [0.717, 1.165) is 23.1 Å². The standard InChI is InChI=1S/C12H15N3/c1-3-9(2)15-11-6-8-13-10-5-4-7-14-12(10)11/h4-9H,3H2,1-2H3,(H,13,15). The first-order chi connectivity index (χ1) is 7.31. The quantitative estimate of drug-likeness (QED) is 0.829. The first-order valence-electron chi connectivity index (χ1n) is 5.27. The van der Waals surface area contributed by atoms with E-state index in [0.29, 0.717) is 6.04 Å². The normalized spacial score (nSPS) is 12.7. The van der Waals surface area contributed by atoms with Crippen LogP contribution < -0.4 is 5.32 Å². The second kappa shape index (κ2) is 4.26. The summed E-state index contributed by atoms with van der Waals surface area (Å²) in [4.78, 5) is 8.62. The summed E-state index contributed by atoms with van der Waals surface area (Å²) in [5.74, 6) is 0. The van der Waals surface area contributed by atoms with Gasteiger partial charge in [0.1, 0.15) is 5.52 Å². The third kappa shape index (κ3) is 2.06. The summed E-state index contributed by atoms with van der Waals surface area (Å²) in [5, 5.41) is 3.43. The fourth-order valence-electron chi connectivity index (χ4n) is 1.46. The molecule has 0 aliphatic heterocycles. The van der Waals surface area contributed by atoms with Crippen molar-refractivity contribution in [3.05, 3.63) is 30.6 Å². The van der Waals surface area contributed by atoms with Crippen molar-refractivity contribution in [2.24, 2.45) is 0 Å². The van der Waals surface area contributed by atoms with Crippen LogP contribution in [0.4, 0.5) is 5.69 Å². The Bertz CT molecular complexity index is 448.